The van der Waals surface area contributed by atoms with E-state index < -0.39 is 0 Å². The number of aliphatic hydroxyl groups excluding tert-OH is 1. The highest BCUT2D eigenvalue weighted by Gasteiger charge is 2.35. The molecule has 0 bridgehead atoms. The molecule has 1 aromatic heterocycles. The first kappa shape index (κ1) is 15.5. The maximum atomic E-state index is 9.91. The zero-order chi connectivity index (χ0) is 14.4. The zero-order valence-corrected chi connectivity index (χ0v) is 13.0. The molecule has 114 valence electrons. The average Bonchev–Trinajstić information content (AvgIpc) is 2.93. The highest BCUT2D eigenvalue weighted by Crippen LogP contribution is 2.42. The molecule has 2 rings (SSSR count). The molecular weight excluding hydrogens is 250 g/mol. The number of nitrogens with zero attached hydrogens (tertiary/aromatic N) is 3. The van der Waals surface area contributed by atoms with E-state index in [2.05, 4.69) is 23.9 Å². The van der Waals surface area contributed by atoms with Crippen LogP contribution in [0, 0.1) is 11.3 Å². The van der Waals surface area contributed by atoms with E-state index in [4.69, 9.17) is 0 Å². The summed E-state index contributed by atoms with van der Waals surface area (Å²) in [4.78, 5) is 4.38. The molecule has 4 heteroatoms. The van der Waals surface area contributed by atoms with Crippen LogP contribution in [0.15, 0.2) is 6.33 Å². The Hall–Kier alpha value is -0.900. The maximum Gasteiger partial charge on any atom is 0.138 e. The lowest BCUT2D eigenvalue weighted by Gasteiger charge is -2.38. The van der Waals surface area contributed by atoms with Crippen molar-refractivity contribution in [3.63, 3.8) is 0 Å². The van der Waals surface area contributed by atoms with Crippen LogP contribution in [0.2, 0.25) is 0 Å². The first-order chi connectivity index (χ1) is 9.73. The molecule has 0 radical (unpaired) electrons. The van der Waals surface area contributed by atoms with Crippen LogP contribution >= 0.6 is 0 Å². The summed E-state index contributed by atoms with van der Waals surface area (Å²) in [5, 5.41) is 14.2. The first-order valence-electron chi connectivity index (χ1n) is 8.20. The van der Waals surface area contributed by atoms with Gasteiger partial charge in [0.05, 0.1) is 0 Å². The number of aromatic nitrogens is 3. The Kier molecular flexibility index (Phi) is 5.58. The Bertz CT molecular complexity index is 394. The summed E-state index contributed by atoms with van der Waals surface area (Å²) in [6.07, 6.45) is 11.3. The van der Waals surface area contributed by atoms with Crippen molar-refractivity contribution in [2.75, 3.05) is 6.61 Å². The molecule has 1 N–H and O–H groups in total. The van der Waals surface area contributed by atoms with Gasteiger partial charge in [0.1, 0.15) is 12.2 Å². The highest BCUT2D eigenvalue weighted by atomic mass is 16.3. The second-order valence-corrected chi connectivity index (χ2v) is 6.41. The fraction of sp³-hybridized carbons (Fsp3) is 0.875. The van der Waals surface area contributed by atoms with E-state index in [9.17, 15) is 5.11 Å². The lowest BCUT2D eigenvalue weighted by molar-refractivity contribution is 0.0593. The van der Waals surface area contributed by atoms with Crippen LogP contribution in [0.3, 0.4) is 0 Å². The van der Waals surface area contributed by atoms with Gasteiger partial charge in [0.2, 0.25) is 0 Å². The molecule has 0 atom stereocenters. The van der Waals surface area contributed by atoms with Crippen LogP contribution in [0.4, 0.5) is 0 Å². The van der Waals surface area contributed by atoms with Gasteiger partial charge in [-0.3, -0.25) is 4.68 Å². The van der Waals surface area contributed by atoms with Crippen molar-refractivity contribution >= 4 is 0 Å². The van der Waals surface area contributed by atoms with Crippen LogP contribution in [0.5, 0.6) is 0 Å². The van der Waals surface area contributed by atoms with E-state index in [0.717, 1.165) is 37.5 Å². The lowest BCUT2D eigenvalue weighted by Crippen LogP contribution is -2.34. The molecule has 0 unspecified atom stereocenters. The SMILES string of the molecule is CCCCC1CCC(CO)(Cc2ncnn2CC)CC1. The lowest BCUT2D eigenvalue weighted by atomic mass is 9.68. The summed E-state index contributed by atoms with van der Waals surface area (Å²) in [6.45, 7) is 5.49. The molecule has 1 aliphatic carbocycles. The predicted octanol–water partition coefficient (Wildman–Crippen LogP) is 3.20. The molecule has 0 aromatic carbocycles. The standard InChI is InChI=1S/C16H29N3O/c1-3-5-6-14-7-9-16(12-20,10-8-14)11-15-17-13-18-19(15)4-2/h13-14,20H,3-12H2,1-2H3. The van der Waals surface area contributed by atoms with Gasteiger partial charge in [-0.15, -0.1) is 0 Å². The number of unbranched alkanes of at least 4 members (excludes halogenated alkanes) is 1. The van der Waals surface area contributed by atoms with E-state index in [-0.39, 0.29) is 12.0 Å². The number of hydrogen-bond acceptors (Lipinski definition) is 3. The van der Waals surface area contributed by atoms with Gasteiger partial charge in [-0.1, -0.05) is 26.2 Å². The van der Waals surface area contributed by atoms with Gasteiger partial charge in [-0.2, -0.15) is 5.10 Å². The van der Waals surface area contributed by atoms with Crippen molar-refractivity contribution in [1.29, 1.82) is 0 Å². The Morgan fingerprint density at radius 2 is 2.10 bits per heavy atom. The van der Waals surface area contributed by atoms with Crippen LogP contribution in [-0.2, 0) is 13.0 Å². The molecule has 1 aromatic rings. The van der Waals surface area contributed by atoms with Gasteiger partial charge in [-0.25, -0.2) is 4.98 Å². The smallest absolute Gasteiger partial charge is 0.138 e. The minimum Gasteiger partial charge on any atom is -0.396 e. The molecule has 0 spiro atoms. The molecule has 0 aliphatic heterocycles. The van der Waals surface area contributed by atoms with Gasteiger partial charge in [-0.05, 0) is 38.5 Å². The molecule has 0 amide bonds. The van der Waals surface area contributed by atoms with Crippen molar-refractivity contribution in [2.45, 2.75) is 71.8 Å². The summed E-state index contributed by atoms with van der Waals surface area (Å²) in [6, 6.07) is 0. The van der Waals surface area contributed by atoms with Crippen molar-refractivity contribution in [3.05, 3.63) is 12.2 Å². The van der Waals surface area contributed by atoms with Crippen molar-refractivity contribution < 1.29 is 5.11 Å². The molecule has 1 fully saturated rings. The topological polar surface area (TPSA) is 50.9 Å². The molecule has 1 heterocycles. The van der Waals surface area contributed by atoms with E-state index in [0.29, 0.717) is 0 Å². The molecule has 4 nitrogen and oxygen atoms in total. The summed E-state index contributed by atoms with van der Waals surface area (Å²) in [5.41, 5.74) is 0.0443. The number of rotatable bonds is 7. The summed E-state index contributed by atoms with van der Waals surface area (Å²) >= 11 is 0. The Morgan fingerprint density at radius 1 is 1.35 bits per heavy atom. The molecular formula is C16H29N3O. The maximum absolute atomic E-state index is 9.91. The van der Waals surface area contributed by atoms with Gasteiger partial charge < -0.3 is 5.11 Å². The highest BCUT2D eigenvalue weighted by molar-refractivity contribution is 4.96. The summed E-state index contributed by atoms with van der Waals surface area (Å²) < 4.78 is 1.96. The van der Waals surface area contributed by atoms with Gasteiger partial charge >= 0.3 is 0 Å². The zero-order valence-electron chi connectivity index (χ0n) is 13.0. The number of hydrogen-bond donors (Lipinski definition) is 1. The molecule has 1 saturated carbocycles. The second-order valence-electron chi connectivity index (χ2n) is 6.41. The van der Waals surface area contributed by atoms with Crippen molar-refractivity contribution in [1.82, 2.24) is 14.8 Å². The van der Waals surface area contributed by atoms with Crippen molar-refractivity contribution in [2.24, 2.45) is 11.3 Å². The van der Waals surface area contributed by atoms with Crippen LogP contribution in [0.1, 0.15) is 64.6 Å². The third kappa shape index (κ3) is 3.60. The quantitative estimate of drug-likeness (QED) is 0.834. The van der Waals surface area contributed by atoms with E-state index in [1.807, 2.05) is 4.68 Å². The fourth-order valence-electron chi connectivity index (χ4n) is 3.49. The van der Waals surface area contributed by atoms with E-state index >= 15 is 0 Å². The normalized spacial score (nSPS) is 26.9. The molecule has 20 heavy (non-hydrogen) atoms. The Balaban J connectivity index is 1.95. The van der Waals surface area contributed by atoms with Crippen molar-refractivity contribution in [3.8, 4) is 0 Å². The van der Waals surface area contributed by atoms with E-state index in [1.165, 1.54) is 32.1 Å². The van der Waals surface area contributed by atoms with Crippen LogP contribution < -0.4 is 0 Å². The summed E-state index contributed by atoms with van der Waals surface area (Å²) in [5.74, 6) is 1.91. The van der Waals surface area contributed by atoms with Crippen LogP contribution in [-0.4, -0.2) is 26.5 Å². The predicted molar refractivity (Wildman–Crippen MR) is 80.4 cm³/mol. The fourth-order valence-corrected chi connectivity index (χ4v) is 3.49. The summed E-state index contributed by atoms with van der Waals surface area (Å²) in [7, 11) is 0. The first-order valence-corrected chi connectivity index (χ1v) is 8.20. The minimum absolute atomic E-state index is 0.0443. The second kappa shape index (κ2) is 7.21. The Labute approximate surface area is 122 Å². The van der Waals surface area contributed by atoms with Gasteiger partial charge in [0.25, 0.3) is 0 Å². The van der Waals surface area contributed by atoms with Gasteiger partial charge in [0.15, 0.2) is 0 Å². The third-order valence-corrected chi connectivity index (χ3v) is 5.00. The average molecular weight is 279 g/mol. The monoisotopic (exact) mass is 279 g/mol. The minimum atomic E-state index is 0.0443. The number of aryl methyl sites for hydroxylation is 1. The van der Waals surface area contributed by atoms with Crippen LogP contribution in [0.25, 0.3) is 0 Å². The molecule has 1 aliphatic rings. The largest absolute Gasteiger partial charge is 0.396 e. The van der Waals surface area contributed by atoms with E-state index in [1.54, 1.807) is 6.33 Å². The van der Waals surface area contributed by atoms with Gasteiger partial charge in [0, 0.05) is 25.0 Å². The third-order valence-electron chi connectivity index (χ3n) is 5.00. The molecule has 0 saturated heterocycles. The Morgan fingerprint density at radius 3 is 2.70 bits per heavy atom. The number of aliphatic hydroxyl groups is 1.